The van der Waals surface area contributed by atoms with E-state index < -0.39 is 20.7 Å². The third kappa shape index (κ3) is 17.1. The number of nitrogens with two attached hydrogens (primary N) is 1. The van der Waals surface area contributed by atoms with Crippen LogP contribution < -0.4 is 5.73 Å². The van der Waals surface area contributed by atoms with Crippen LogP contribution in [0, 0.1) is 6.92 Å². The maximum atomic E-state index is 10.2. The number of aryl methyl sites for hydroxylation is 1. The number of phenols is 1. The van der Waals surface area contributed by atoms with E-state index in [1.54, 1.807) is 6.07 Å². The molecule has 3 aromatic rings. The molecule has 3 aromatic carbocycles. The lowest BCUT2D eigenvalue weighted by Gasteiger charge is -2.08. The summed E-state index contributed by atoms with van der Waals surface area (Å²) in [5.74, 6) is 0.196. The van der Waals surface area contributed by atoms with Crippen molar-refractivity contribution in [2.24, 2.45) is 10.2 Å². The highest BCUT2D eigenvalue weighted by Crippen LogP contribution is 2.38. The minimum absolute atomic E-state index is 0.196. The van der Waals surface area contributed by atoms with Crippen LogP contribution in [0.1, 0.15) is 47.1 Å². The normalized spacial score (nSPS) is 9.36. The molecule has 0 saturated heterocycles. The van der Waals surface area contributed by atoms with Gasteiger partial charge in [-0.1, -0.05) is 77.9 Å². The van der Waals surface area contributed by atoms with Gasteiger partial charge in [-0.25, -0.2) is 0 Å². The van der Waals surface area contributed by atoms with Gasteiger partial charge in [0.2, 0.25) is 0 Å². The molecular weight excluding hydrogens is 506 g/mol. The number of nitrogen functional groups attached to an aromatic ring is 1. The van der Waals surface area contributed by atoms with E-state index in [4.69, 9.17) is 22.9 Å². The van der Waals surface area contributed by atoms with E-state index in [1.165, 1.54) is 0 Å². The second-order valence-corrected chi connectivity index (χ2v) is 7.67. The number of anilines is 1. The fourth-order valence-corrected chi connectivity index (χ4v) is 2.21. The van der Waals surface area contributed by atoms with Gasteiger partial charge in [0.05, 0.1) is 17.6 Å². The van der Waals surface area contributed by atoms with E-state index in [9.17, 15) is 13.5 Å². The number of nitrogens with zero attached hydrogens (tertiary/aromatic N) is 2. The molecule has 0 fully saturated rings. The van der Waals surface area contributed by atoms with Crippen molar-refractivity contribution in [3.05, 3.63) is 60.2 Å². The van der Waals surface area contributed by atoms with E-state index in [-0.39, 0.29) is 5.75 Å². The molecular formula is C24H37N3O7S2. The molecule has 12 heteroatoms. The van der Waals surface area contributed by atoms with Crippen molar-refractivity contribution in [1.82, 2.24) is 0 Å². The SMILES string of the molecule is CC.CC.CC.CS(=O)(=O)O.Cc1ccc2ccc(N=Nc3ccccc3)c(N)c2c1O.O=S(=O)=O. The first-order valence-electron chi connectivity index (χ1n) is 11.1. The quantitative estimate of drug-likeness (QED) is 0.188. The molecule has 10 nitrogen and oxygen atoms in total. The second kappa shape index (κ2) is 21.0. The maximum absolute atomic E-state index is 10.2. The van der Waals surface area contributed by atoms with Crippen LogP contribution >= 0.6 is 0 Å². The third-order valence-corrected chi connectivity index (χ3v) is 3.41. The third-order valence-electron chi connectivity index (χ3n) is 3.41. The Morgan fingerprint density at radius 1 is 0.806 bits per heavy atom. The number of hydrogen-bond donors (Lipinski definition) is 3. The molecule has 3 rings (SSSR count). The number of benzene rings is 3. The molecule has 0 aliphatic carbocycles. The molecule has 0 unspecified atom stereocenters. The average Bonchev–Trinajstić information content (AvgIpc) is 2.84. The van der Waals surface area contributed by atoms with Crippen LogP contribution in [-0.4, -0.2) is 37.0 Å². The molecule has 0 aromatic heterocycles. The topological polar surface area (TPSA) is 177 Å². The van der Waals surface area contributed by atoms with Gasteiger partial charge in [-0.05, 0) is 36.1 Å². The van der Waals surface area contributed by atoms with Crippen molar-refractivity contribution in [2.45, 2.75) is 48.5 Å². The summed E-state index contributed by atoms with van der Waals surface area (Å²) in [7, 11) is -6.78. The number of aromatic hydroxyl groups is 1. The standard InChI is InChI=1S/C17H15N3O.3C2H6.CH4O3S.O3S/c1-11-7-8-12-9-10-14(16(18)15(12)17(11)21)20-19-13-5-3-2-4-6-13;3*1-2;1-5(2,3)4;1-4(2)3/h2-10,21H,18H2,1H3;3*1-2H3;1H3,(H,2,3,4);. The highest BCUT2D eigenvalue weighted by atomic mass is 32.2. The van der Waals surface area contributed by atoms with E-state index in [2.05, 4.69) is 10.2 Å². The molecule has 0 saturated carbocycles. The summed E-state index contributed by atoms with van der Waals surface area (Å²) >= 11 is 0. The number of fused-ring (bicyclic) bond motifs is 1. The number of rotatable bonds is 2. The Labute approximate surface area is 215 Å². The Balaban J connectivity index is -0.000000609. The van der Waals surface area contributed by atoms with E-state index in [1.807, 2.05) is 97.0 Å². The predicted molar refractivity (Wildman–Crippen MR) is 147 cm³/mol. The highest BCUT2D eigenvalue weighted by molar-refractivity contribution is 7.85. The van der Waals surface area contributed by atoms with Gasteiger partial charge in [-0.2, -0.15) is 13.5 Å². The van der Waals surface area contributed by atoms with Gasteiger partial charge in [0.15, 0.2) is 0 Å². The zero-order valence-corrected chi connectivity index (χ0v) is 23.6. The summed E-state index contributed by atoms with van der Waals surface area (Å²) in [6, 6.07) is 16.9. The summed E-state index contributed by atoms with van der Waals surface area (Å²) in [4.78, 5) is 0. The Morgan fingerprint density at radius 2 is 1.22 bits per heavy atom. The van der Waals surface area contributed by atoms with Crippen molar-refractivity contribution in [3.8, 4) is 5.75 Å². The molecule has 0 radical (unpaired) electrons. The van der Waals surface area contributed by atoms with Crippen molar-refractivity contribution in [3.63, 3.8) is 0 Å². The lowest BCUT2D eigenvalue weighted by Crippen LogP contribution is -1.89. The van der Waals surface area contributed by atoms with Gasteiger partial charge >= 0.3 is 10.6 Å². The predicted octanol–water partition coefficient (Wildman–Crippen LogP) is 6.43. The second-order valence-electron chi connectivity index (χ2n) is 5.80. The molecule has 36 heavy (non-hydrogen) atoms. The van der Waals surface area contributed by atoms with Crippen LogP contribution in [0.2, 0.25) is 0 Å². The van der Waals surface area contributed by atoms with Crippen LogP contribution in [-0.2, 0) is 20.7 Å². The lowest BCUT2D eigenvalue weighted by atomic mass is 10.0. The minimum atomic E-state index is -3.67. The van der Waals surface area contributed by atoms with Crippen LogP contribution in [0.5, 0.6) is 5.75 Å². The van der Waals surface area contributed by atoms with E-state index in [0.717, 1.165) is 16.6 Å². The van der Waals surface area contributed by atoms with Gasteiger partial charge in [0.25, 0.3) is 10.1 Å². The summed E-state index contributed by atoms with van der Waals surface area (Å²) in [5.41, 5.74) is 8.66. The first kappa shape index (κ1) is 37.2. The van der Waals surface area contributed by atoms with Crippen LogP contribution in [0.4, 0.5) is 17.1 Å². The van der Waals surface area contributed by atoms with Crippen molar-refractivity contribution >= 4 is 48.6 Å². The highest BCUT2D eigenvalue weighted by Gasteiger charge is 2.10. The molecule has 0 amide bonds. The molecule has 0 aliphatic rings. The number of hydrogen-bond acceptors (Lipinski definition) is 9. The smallest absolute Gasteiger partial charge is 0.425 e. The fourth-order valence-electron chi connectivity index (χ4n) is 2.21. The maximum Gasteiger partial charge on any atom is 0.425 e. The molecule has 0 aliphatic heterocycles. The van der Waals surface area contributed by atoms with Gasteiger partial charge in [-0.15, -0.1) is 17.7 Å². The first-order valence-corrected chi connectivity index (χ1v) is 13.9. The molecule has 202 valence electrons. The zero-order chi connectivity index (χ0) is 28.9. The van der Waals surface area contributed by atoms with Crippen LogP contribution in [0.3, 0.4) is 0 Å². The molecule has 0 atom stereocenters. The van der Waals surface area contributed by atoms with E-state index in [0.29, 0.717) is 23.0 Å². The Hall–Kier alpha value is -3.35. The Morgan fingerprint density at radius 3 is 1.67 bits per heavy atom. The molecule has 0 heterocycles. The van der Waals surface area contributed by atoms with Gasteiger partial charge in [0, 0.05) is 5.39 Å². The Bertz CT molecular complexity index is 1250. The Kier molecular flexibility index (Phi) is 21.7. The van der Waals surface area contributed by atoms with Crippen LogP contribution in [0.25, 0.3) is 10.8 Å². The van der Waals surface area contributed by atoms with Crippen molar-refractivity contribution in [2.75, 3.05) is 12.0 Å². The van der Waals surface area contributed by atoms with Gasteiger partial charge in [0.1, 0.15) is 11.4 Å². The van der Waals surface area contributed by atoms with Gasteiger partial charge < -0.3 is 10.8 Å². The summed E-state index contributed by atoms with van der Waals surface area (Å²) in [6.07, 6.45) is 0.715. The number of azo groups is 1. The average molecular weight is 544 g/mol. The number of phenolic OH excluding ortho intramolecular Hbond substituents is 1. The molecule has 0 bridgehead atoms. The molecule has 0 spiro atoms. The van der Waals surface area contributed by atoms with E-state index >= 15 is 0 Å². The minimum Gasteiger partial charge on any atom is -0.507 e. The largest absolute Gasteiger partial charge is 0.507 e. The van der Waals surface area contributed by atoms with Crippen molar-refractivity contribution < 1.29 is 30.7 Å². The summed E-state index contributed by atoms with van der Waals surface area (Å²) < 4.78 is 51.2. The monoisotopic (exact) mass is 543 g/mol. The van der Waals surface area contributed by atoms with Gasteiger partial charge in [-0.3, -0.25) is 4.55 Å². The first-order chi connectivity index (χ1) is 16.9. The summed E-state index contributed by atoms with van der Waals surface area (Å²) in [5, 5.41) is 20.1. The zero-order valence-electron chi connectivity index (χ0n) is 21.9. The van der Waals surface area contributed by atoms with Crippen LogP contribution in [0.15, 0.2) is 64.8 Å². The lowest BCUT2D eigenvalue weighted by molar-refractivity contribution is 0.477. The summed E-state index contributed by atoms with van der Waals surface area (Å²) in [6.45, 7) is 13.8. The fraction of sp³-hybridized carbons (Fsp3) is 0.333. The molecule has 4 N–H and O–H groups in total. The van der Waals surface area contributed by atoms with Crippen molar-refractivity contribution in [1.29, 1.82) is 0 Å².